The largest absolute Gasteiger partial charge is 0.371 e. The van der Waals surface area contributed by atoms with Crippen molar-refractivity contribution in [3.05, 3.63) is 90.1 Å². The van der Waals surface area contributed by atoms with E-state index in [-0.39, 0.29) is 6.10 Å². The molecule has 0 bridgehead atoms. The van der Waals surface area contributed by atoms with Crippen LogP contribution >= 0.6 is 11.8 Å². The van der Waals surface area contributed by atoms with Crippen LogP contribution in [0.1, 0.15) is 23.8 Å². The van der Waals surface area contributed by atoms with E-state index in [2.05, 4.69) is 103 Å². The van der Waals surface area contributed by atoms with Crippen molar-refractivity contribution in [1.82, 2.24) is 15.1 Å². The molecule has 0 amide bonds. The molecule has 4 aromatic rings. The van der Waals surface area contributed by atoms with Gasteiger partial charge in [0, 0.05) is 27.5 Å². The molecule has 5 heteroatoms. The summed E-state index contributed by atoms with van der Waals surface area (Å²) in [5.41, 5.74) is 6.98. The summed E-state index contributed by atoms with van der Waals surface area (Å²) in [6.45, 7) is 1.56. The third-order valence-electron chi connectivity index (χ3n) is 6.03. The van der Waals surface area contributed by atoms with Crippen molar-refractivity contribution in [2.45, 2.75) is 28.7 Å². The van der Waals surface area contributed by atoms with E-state index in [1.54, 1.807) is 0 Å². The summed E-state index contributed by atoms with van der Waals surface area (Å²) >= 11 is 1.82. The third kappa shape index (κ3) is 4.76. The van der Waals surface area contributed by atoms with Crippen LogP contribution in [0.2, 0.25) is 0 Å². The molecule has 1 aromatic heterocycles. The van der Waals surface area contributed by atoms with Gasteiger partial charge in [-0.15, -0.1) is 0 Å². The van der Waals surface area contributed by atoms with Crippen LogP contribution in [0.25, 0.3) is 22.4 Å². The van der Waals surface area contributed by atoms with Gasteiger partial charge in [0.25, 0.3) is 0 Å². The van der Waals surface area contributed by atoms with Crippen LogP contribution in [-0.2, 0) is 11.2 Å². The van der Waals surface area contributed by atoms with Crippen LogP contribution in [0, 0.1) is 0 Å². The Labute approximate surface area is 200 Å². The Kier molecular flexibility index (Phi) is 6.63. The summed E-state index contributed by atoms with van der Waals surface area (Å²) in [4.78, 5) is 4.64. The summed E-state index contributed by atoms with van der Waals surface area (Å²) in [6.07, 6.45) is 1.78. The van der Waals surface area contributed by atoms with Gasteiger partial charge in [-0.25, -0.2) is 0 Å². The molecule has 3 aromatic carbocycles. The highest BCUT2D eigenvalue weighted by Gasteiger charge is 2.28. The molecule has 1 aliphatic rings. The lowest BCUT2D eigenvalue weighted by Gasteiger charge is -2.20. The van der Waals surface area contributed by atoms with E-state index >= 15 is 0 Å². The molecular formula is C28H29N3OS. The van der Waals surface area contributed by atoms with Crippen molar-refractivity contribution in [1.29, 1.82) is 0 Å². The molecule has 168 valence electrons. The predicted octanol–water partition coefficient (Wildman–Crippen LogP) is 6.46. The number of aromatic nitrogens is 2. The molecule has 1 unspecified atom stereocenters. The molecule has 1 aliphatic heterocycles. The van der Waals surface area contributed by atoms with Crippen LogP contribution < -0.4 is 0 Å². The van der Waals surface area contributed by atoms with Gasteiger partial charge in [-0.2, -0.15) is 5.10 Å². The maximum atomic E-state index is 6.51. The van der Waals surface area contributed by atoms with Gasteiger partial charge in [-0.1, -0.05) is 78.5 Å². The number of fused-ring (bicyclic) bond motifs is 5. The molecule has 33 heavy (non-hydrogen) atoms. The lowest BCUT2D eigenvalue weighted by atomic mass is 9.95. The highest BCUT2D eigenvalue weighted by atomic mass is 32.2. The van der Waals surface area contributed by atoms with E-state index in [1.807, 2.05) is 11.8 Å². The Morgan fingerprint density at radius 1 is 0.879 bits per heavy atom. The van der Waals surface area contributed by atoms with E-state index in [1.165, 1.54) is 32.0 Å². The summed E-state index contributed by atoms with van der Waals surface area (Å²) in [6, 6.07) is 27.8. The molecule has 0 saturated heterocycles. The van der Waals surface area contributed by atoms with Gasteiger partial charge in [-0.05, 0) is 50.2 Å². The van der Waals surface area contributed by atoms with Crippen LogP contribution in [0.3, 0.4) is 0 Å². The minimum atomic E-state index is -0.0651. The monoisotopic (exact) mass is 455 g/mol. The van der Waals surface area contributed by atoms with Crippen LogP contribution in [-0.4, -0.2) is 42.3 Å². The molecule has 1 N–H and O–H groups in total. The number of aryl methyl sites for hydroxylation is 1. The van der Waals surface area contributed by atoms with Gasteiger partial charge in [0.15, 0.2) is 0 Å². The zero-order chi connectivity index (χ0) is 22.6. The number of rotatable bonds is 8. The summed E-state index contributed by atoms with van der Waals surface area (Å²) in [5.74, 6) is 0. The van der Waals surface area contributed by atoms with Gasteiger partial charge < -0.3 is 9.64 Å². The fraction of sp³-hybridized carbons (Fsp3) is 0.250. The number of nitrogens with zero attached hydrogens (tertiary/aromatic N) is 2. The number of likely N-dealkylation sites (N-methyl/N-ethyl adjacent to an activating group) is 1. The Hall–Kier alpha value is -2.86. The average molecular weight is 456 g/mol. The van der Waals surface area contributed by atoms with Gasteiger partial charge in [0.2, 0.25) is 0 Å². The topological polar surface area (TPSA) is 41.1 Å². The number of aromatic amines is 1. The molecule has 2 heterocycles. The molecular weight excluding hydrogens is 426 g/mol. The van der Waals surface area contributed by atoms with Crippen LogP contribution in [0.15, 0.2) is 88.7 Å². The second-order valence-electron chi connectivity index (χ2n) is 8.64. The number of H-pyrrole nitrogens is 1. The lowest BCUT2D eigenvalue weighted by molar-refractivity contribution is 0.0357. The molecule has 0 spiro atoms. The average Bonchev–Trinajstić information content (AvgIpc) is 3.21. The van der Waals surface area contributed by atoms with Gasteiger partial charge >= 0.3 is 0 Å². The van der Waals surface area contributed by atoms with E-state index < -0.39 is 0 Å². The van der Waals surface area contributed by atoms with E-state index in [9.17, 15) is 0 Å². The van der Waals surface area contributed by atoms with Gasteiger partial charge in [0.1, 0.15) is 5.69 Å². The van der Waals surface area contributed by atoms with Crippen molar-refractivity contribution >= 4 is 11.8 Å². The molecule has 0 saturated carbocycles. The first-order valence-corrected chi connectivity index (χ1v) is 12.3. The fourth-order valence-electron chi connectivity index (χ4n) is 4.32. The Bertz CT molecular complexity index is 1220. The van der Waals surface area contributed by atoms with Crippen molar-refractivity contribution in [3.63, 3.8) is 0 Å². The second-order valence-corrected chi connectivity index (χ2v) is 9.73. The smallest absolute Gasteiger partial charge is 0.101 e. The normalized spacial score (nSPS) is 13.2. The molecule has 4 nitrogen and oxygen atoms in total. The van der Waals surface area contributed by atoms with Crippen molar-refractivity contribution in [2.75, 3.05) is 27.2 Å². The van der Waals surface area contributed by atoms with Crippen molar-refractivity contribution in [3.8, 4) is 22.4 Å². The highest BCUT2D eigenvalue weighted by molar-refractivity contribution is 7.99. The number of hydrogen-bond donors (Lipinski definition) is 1. The predicted molar refractivity (Wildman–Crippen MR) is 136 cm³/mol. The van der Waals surface area contributed by atoms with Gasteiger partial charge in [-0.3, -0.25) is 5.10 Å². The lowest BCUT2D eigenvalue weighted by Crippen LogP contribution is -2.20. The van der Waals surface area contributed by atoms with Crippen molar-refractivity contribution < 1.29 is 4.74 Å². The Morgan fingerprint density at radius 2 is 1.55 bits per heavy atom. The standard InChI is InChI=1S/C28H29N3OS/c1-31(2)18-19-32-23(17-16-20-10-4-3-5-11-20)28-26-21-12-6-8-14-24(21)33-25-15-9-7-13-22(25)27(26)29-30-28/h3-15,23H,16-19H2,1-2H3,(H,29,30). The third-order valence-corrected chi connectivity index (χ3v) is 7.18. The molecule has 0 aliphatic carbocycles. The molecule has 0 fully saturated rings. The Morgan fingerprint density at radius 3 is 2.30 bits per heavy atom. The first-order valence-electron chi connectivity index (χ1n) is 11.5. The first kappa shape index (κ1) is 22.0. The maximum absolute atomic E-state index is 6.51. The number of hydrogen-bond acceptors (Lipinski definition) is 4. The van der Waals surface area contributed by atoms with Crippen molar-refractivity contribution in [2.24, 2.45) is 0 Å². The quantitative estimate of drug-likeness (QED) is 0.291. The minimum Gasteiger partial charge on any atom is -0.371 e. The zero-order valence-electron chi connectivity index (χ0n) is 19.1. The molecule has 5 rings (SSSR count). The van der Waals surface area contributed by atoms with E-state index in [0.29, 0.717) is 6.61 Å². The molecule has 0 radical (unpaired) electrons. The summed E-state index contributed by atoms with van der Waals surface area (Å²) in [7, 11) is 4.16. The summed E-state index contributed by atoms with van der Waals surface area (Å²) in [5, 5.41) is 8.25. The molecule has 1 atom stereocenters. The zero-order valence-corrected chi connectivity index (χ0v) is 19.9. The Balaban J connectivity index is 1.56. The van der Waals surface area contributed by atoms with Crippen LogP contribution in [0.5, 0.6) is 0 Å². The minimum absolute atomic E-state index is 0.0651. The van der Waals surface area contributed by atoms with E-state index in [4.69, 9.17) is 9.84 Å². The van der Waals surface area contributed by atoms with E-state index in [0.717, 1.165) is 30.8 Å². The summed E-state index contributed by atoms with van der Waals surface area (Å²) < 4.78 is 6.51. The number of benzene rings is 3. The second kappa shape index (κ2) is 9.96. The highest BCUT2D eigenvalue weighted by Crippen LogP contribution is 2.49. The maximum Gasteiger partial charge on any atom is 0.101 e. The SMILES string of the molecule is CN(C)CCOC(CCc1ccccc1)c1[nH]nc2c1-c1ccccc1Sc1ccccc1-2. The van der Waals surface area contributed by atoms with Gasteiger partial charge in [0.05, 0.1) is 18.4 Å². The first-order chi connectivity index (χ1) is 16.2. The fourth-order valence-corrected chi connectivity index (χ4v) is 5.40. The van der Waals surface area contributed by atoms with Crippen LogP contribution in [0.4, 0.5) is 0 Å². The number of nitrogens with one attached hydrogen (secondary N) is 1. The number of ether oxygens (including phenoxy) is 1.